The van der Waals surface area contributed by atoms with E-state index in [-0.39, 0.29) is 0 Å². The van der Waals surface area contributed by atoms with E-state index < -0.39 is 0 Å². The largest absolute Gasteiger partial charge is 0.456 e. The van der Waals surface area contributed by atoms with Crippen LogP contribution in [0.15, 0.2) is 209 Å². The topological polar surface area (TPSA) is 69.9 Å². The molecule has 348 valence electrons. The summed E-state index contributed by atoms with van der Waals surface area (Å²) in [6, 6.07) is 71.8. The smallest absolute Gasteiger partial charge is 0.167 e. The van der Waals surface area contributed by atoms with Gasteiger partial charge in [-0.3, -0.25) is 0 Å². The molecule has 6 nitrogen and oxygen atoms in total. The third kappa shape index (κ3) is 6.52. The van der Waals surface area contributed by atoms with Crippen LogP contribution in [0.4, 0.5) is 0 Å². The third-order valence-electron chi connectivity index (χ3n) is 17.0. The van der Waals surface area contributed by atoms with Gasteiger partial charge in [0.15, 0.2) is 17.5 Å². The molecule has 0 N–H and O–H groups in total. The Hall–Kier alpha value is -8.61. The minimum Gasteiger partial charge on any atom is -0.456 e. The molecule has 73 heavy (non-hydrogen) atoms. The molecule has 0 saturated heterocycles. The first-order valence-electron chi connectivity index (χ1n) is 26.0. The van der Waals surface area contributed by atoms with E-state index in [2.05, 4.69) is 180 Å². The van der Waals surface area contributed by atoms with Crippen molar-refractivity contribution in [3.8, 4) is 62.1 Å². The highest BCUT2D eigenvalue weighted by Crippen LogP contribution is 2.61. The molecule has 4 saturated carbocycles. The van der Waals surface area contributed by atoms with Gasteiger partial charge in [-0.15, -0.1) is 0 Å². The number of nitrogens with zero attached hydrogens (tertiary/aromatic N) is 4. The predicted octanol–water partition coefficient (Wildman–Crippen LogP) is 17.6. The zero-order chi connectivity index (χ0) is 47.8. The molecular formula is C67H48N4O2. The predicted molar refractivity (Wildman–Crippen MR) is 296 cm³/mol. The summed E-state index contributed by atoms with van der Waals surface area (Å²) >= 11 is 0. The summed E-state index contributed by atoms with van der Waals surface area (Å²) in [5, 5.41) is 6.62. The van der Waals surface area contributed by atoms with E-state index in [0.717, 1.165) is 101 Å². The number of rotatable bonds is 7. The second-order valence-corrected chi connectivity index (χ2v) is 21.4. The van der Waals surface area contributed by atoms with Gasteiger partial charge in [-0.1, -0.05) is 121 Å². The number of benzene rings is 9. The molecule has 0 spiro atoms. The van der Waals surface area contributed by atoms with Gasteiger partial charge in [0, 0.05) is 49.1 Å². The van der Waals surface area contributed by atoms with Gasteiger partial charge >= 0.3 is 0 Å². The first-order valence-corrected chi connectivity index (χ1v) is 26.0. The monoisotopic (exact) mass is 940 g/mol. The Balaban J connectivity index is 0.904. The SMILES string of the molecule is c1ccc(-n2c3ccccc3c3cc(-c4cc(-c5ccc(C67CC8CC(CC(C8)C6)C7)cc5)cc(-c5nc(-c6ccc7c(c6)oc6ccccc67)nc(-c6cccc7c6oc6ccccc67)n5)c4)ccc32)cc1. The molecule has 6 heteroatoms. The van der Waals surface area contributed by atoms with Crippen LogP contribution in [0.1, 0.15) is 44.1 Å². The Kier molecular flexibility index (Phi) is 8.83. The maximum absolute atomic E-state index is 6.64. The molecule has 4 aliphatic carbocycles. The van der Waals surface area contributed by atoms with Crippen LogP contribution in [-0.2, 0) is 5.41 Å². The molecule has 13 aromatic rings. The zero-order valence-electron chi connectivity index (χ0n) is 40.1. The average Bonchev–Trinajstić information content (AvgIpc) is 4.12. The van der Waals surface area contributed by atoms with Gasteiger partial charge in [0.1, 0.15) is 22.3 Å². The van der Waals surface area contributed by atoms with Crippen LogP contribution in [0.3, 0.4) is 0 Å². The van der Waals surface area contributed by atoms with Crippen LogP contribution in [0.5, 0.6) is 0 Å². The van der Waals surface area contributed by atoms with Crippen LogP contribution in [0.25, 0.3) is 128 Å². The summed E-state index contributed by atoms with van der Waals surface area (Å²) < 4.78 is 15.5. The van der Waals surface area contributed by atoms with Gasteiger partial charge in [0.25, 0.3) is 0 Å². The van der Waals surface area contributed by atoms with Crippen LogP contribution < -0.4 is 0 Å². The van der Waals surface area contributed by atoms with Crippen molar-refractivity contribution >= 4 is 65.7 Å². The Morgan fingerprint density at radius 2 is 0.932 bits per heavy atom. The maximum Gasteiger partial charge on any atom is 0.167 e. The summed E-state index contributed by atoms with van der Waals surface area (Å²) in [5.41, 5.74) is 15.6. The number of furan rings is 2. The lowest BCUT2D eigenvalue weighted by atomic mass is 9.48. The molecule has 4 aromatic heterocycles. The van der Waals surface area contributed by atoms with E-state index in [0.29, 0.717) is 22.9 Å². The van der Waals surface area contributed by atoms with E-state index >= 15 is 0 Å². The normalized spacial score (nSPS) is 19.4. The number of hydrogen-bond acceptors (Lipinski definition) is 5. The second-order valence-electron chi connectivity index (χ2n) is 21.4. The molecule has 0 aliphatic heterocycles. The van der Waals surface area contributed by atoms with E-state index in [1.165, 1.54) is 71.5 Å². The van der Waals surface area contributed by atoms with Crippen LogP contribution in [0.2, 0.25) is 0 Å². The van der Waals surface area contributed by atoms with Gasteiger partial charge in [0.2, 0.25) is 0 Å². The van der Waals surface area contributed by atoms with Crippen LogP contribution >= 0.6 is 0 Å². The molecular weight excluding hydrogens is 893 g/mol. The molecule has 0 unspecified atom stereocenters. The van der Waals surface area contributed by atoms with Gasteiger partial charge in [0.05, 0.1) is 16.6 Å². The van der Waals surface area contributed by atoms with Crippen LogP contribution in [-0.4, -0.2) is 19.5 Å². The minimum atomic E-state index is 0.320. The molecule has 17 rings (SSSR count). The lowest BCUT2D eigenvalue weighted by Gasteiger charge is -2.57. The van der Waals surface area contributed by atoms with E-state index in [4.69, 9.17) is 23.8 Å². The standard InChI is InChI=1S/C67H48N4O2/c1-2-11-50(12-3-1)71-58-18-7-4-13-51(58)57-35-44(24-28-59(57)71)47-32-46(43-21-25-49(26-22-43)67-37-40-29-41(38-67)31-42(30-40)39-67)33-48(34-47)65-68-64(45-23-27-54-52-14-5-8-19-60(52)72-62(54)36-45)69-66(70-65)56-17-10-16-55-53-15-6-9-20-61(53)73-63(55)56/h1-28,32-36,40-42H,29-31,37-39H2. The molecule has 4 aliphatic rings. The highest BCUT2D eigenvalue weighted by molar-refractivity contribution is 6.11. The van der Waals surface area contributed by atoms with Crippen molar-refractivity contribution in [1.29, 1.82) is 0 Å². The summed E-state index contributed by atoms with van der Waals surface area (Å²) in [7, 11) is 0. The lowest BCUT2D eigenvalue weighted by molar-refractivity contribution is -0.00518. The molecule has 0 radical (unpaired) electrons. The quantitative estimate of drug-likeness (QED) is 0.159. The Labute approximate surface area is 421 Å². The highest BCUT2D eigenvalue weighted by Gasteiger charge is 2.51. The summed E-state index contributed by atoms with van der Waals surface area (Å²) in [5.74, 6) is 4.33. The van der Waals surface area contributed by atoms with Gasteiger partial charge in [-0.2, -0.15) is 0 Å². The van der Waals surface area contributed by atoms with Gasteiger partial charge < -0.3 is 13.4 Å². The molecule has 4 fully saturated rings. The van der Waals surface area contributed by atoms with E-state index in [9.17, 15) is 0 Å². The van der Waals surface area contributed by atoms with Crippen molar-refractivity contribution in [3.05, 3.63) is 206 Å². The number of hydrogen-bond donors (Lipinski definition) is 0. The Morgan fingerprint density at radius 1 is 0.370 bits per heavy atom. The summed E-state index contributed by atoms with van der Waals surface area (Å²) in [6.45, 7) is 0. The molecule has 4 bridgehead atoms. The Morgan fingerprint density at radius 3 is 1.70 bits per heavy atom. The first kappa shape index (κ1) is 41.1. The Bertz CT molecular complexity index is 4330. The molecule has 9 aromatic carbocycles. The fourth-order valence-electron chi connectivity index (χ4n) is 14.1. The second kappa shape index (κ2) is 15.7. The molecule has 0 amide bonds. The van der Waals surface area contributed by atoms with Gasteiger partial charge in [-0.25, -0.2) is 15.0 Å². The minimum absolute atomic E-state index is 0.320. The van der Waals surface area contributed by atoms with Crippen molar-refractivity contribution in [2.45, 2.75) is 43.9 Å². The van der Waals surface area contributed by atoms with Crippen molar-refractivity contribution < 1.29 is 8.83 Å². The van der Waals surface area contributed by atoms with Crippen molar-refractivity contribution in [3.63, 3.8) is 0 Å². The fourth-order valence-corrected chi connectivity index (χ4v) is 14.1. The van der Waals surface area contributed by atoms with E-state index in [1.807, 2.05) is 24.3 Å². The first-order chi connectivity index (χ1) is 36.0. The number of aromatic nitrogens is 4. The maximum atomic E-state index is 6.64. The molecule has 0 atom stereocenters. The van der Waals surface area contributed by atoms with Crippen LogP contribution in [0, 0.1) is 17.8 Å². The number of fused-ring (bicyclic) bond motifs is 9. The third-order valence-corrected chi connectivity index (χ3v) is 17.0. The highest BCUT2D eigenvalue weighted by atomic mass is 16.3. The van der Waals surface area contributed by atoms with Crippen molar-refractivity contribution in [2.75, 3.05) is 0 Å². The van der Waals surface area contributed by atoms with Gasteiger partial charge in [-0.05, 0) is 168 Å². The van der Waals surface area contributed by atoms with Crippen molar-refractivity contribution in [2.24, 2.45) is 17.8 Å². The lowest BCUT2D eigenvalue weighted by Crippen LogP contribution is -2.48. The molecule has 4 heterocycles. The summed E-state index contributed by atoms with van der Waals surface area (Å²) in [6.07, 6.45) is 8.35. The fraction of sp³-hybridized carbons (Fsp3) is 0.149. The average molecular weight is 941 g/mol. The van der Waals surface area contributed by atoms with E-state index in [1.54, 1.807) is 0 Å². The number of para-hydroxylation sites is 5. The summed E-state index contributed by atoms with van der Waals surface area (Å²) in [4.78, 5) is 16.1. The van der Waals surface area contributed by atoms with Crippen molar-refractivity contribution in [1.82, 2.24) is 19.5 Å². The zero-order valence-corrected chi connectivity index (χ0v) is 40.1.